The highest BCUT2D eigenvalue weighted by molar-refractivity contribution is 5.99. The Morgan fingerprint density at radius 1 is 1.18 bits per heavy atom. The second kappa shape index (κ2) is 7.40. The van der Waals surface area contributed by atoms with Crippen molar-refractivity contribution in [3.8, 4) is 0 Å². The number of amides is 2. The van der Waals surface area contributed by atoms with Gasteiger partial charge in [0.15, 0.2) is 0 Å². The Morgan fingerprint density at radius 3 is 2.55 bits per heavy atom. The van der Waals surface area contributed by atoms with E-state index in [1.165, 1.54) is 0 Å². The van der Waals surface area contributed by atoms with Crippen molar-refractivity contribution in [2.24, 2.45) is 11.8 Å². The molecule has 2 amide bonds. The number of carbonyl (C=O) groups is 2. The lowest BCUT2D eigenvalue weighted by molar-refractivity contribution is -0.125. The van der Waals surface area contributed by atoms with Gasteiger partial charge in [-0.1, -0.05) is 18.2 Å². The fourth-order valence-corrected chi connectivity index (χ4v) is 2.45. The van der Waals surface area contributed by atoms with Crippen LogP contribution in [0.2, 0.25) is 0 Å². The molecular weight excluding hydrogens is 278 g/mol. The van der Waals surface area contributed by atoms with Gasteiger partial charge < -0.3 is 15.5 Å². The van der Waals surface area contributed by atoms with Crippen molar-refractivity contribution in [1.29, 1.82) is 0 Å². The molecule has 1 saturated carbocycles. The van der Waals surface area contributed by atoms with E-state index in [1.807, 2.05) is 45.3 Å². The first-order valence-electron chi connectivity index (χ1n) is 7.78. The van der Waals surface area contributed by atoms with Crippen molar-refractivity contribution in [1.82, 2.24) is 10.2 Å². The van der Waals surface area contributed by atoms with Crippen LogP contribution in [0, 0.1) is 18.8 Å². The van der Waals surface area contributed by atoms with Crippen molar-refractivity contribution in [2.75, 3.05) is 32.5 Å². The molecule has 2 rings (SSSR count). The molecule has 5 nitrogen and oxygen atoms in total. The maximum atomic E-state index is 12.2. The summed E-state index contributed by atoms with van der Waals surface area (Å²) in [6.45, 7) is 3.57. The van der Waals surface area contributed by atoms with Crippen LogP contribution in [0.4, 0.5) is 5.69 Å². The Balaban J connectivity index is 1.73. The summed E-state index contributed by atoms with van der Waals surface area (Å²) < 4.78 is 0. The quantitative estimate of drug-likeness (QED) is 0.753. The normalized spacial score (nSPS) is 19.8. The smallest absolute Gasteiger partial charge is 0.228 e. The molecule has 22 heavy (non-hydrogen) atoms. The fraction of sp³-hybridized carbons (Fsp3) is 0.529. The number of nitrogens with zero attached hydrogens (tertiary/aromatic N) is 1. The molecule has 2 unspecified atom stereocenters. The number of carbonyl (C=O) groups excluding carboxylic acids is 2. The highest BCUT2D eigenvalue weighted by atomic mass is 16.2. The van der Waals surface area contributed by atoms with Crippen molar-refractivity contribution < 1.29 is 9.59 Å². The largest absolute Gasteiger partial charge is 0.356 e. The van der Waals surface area contributed by atoms with E-state index in [2.05, 4.69) is 15.5 Å². The summed E-state index contributed by atoms with van der Waals surface area (Å²) in [5.41, 5.74) is 1.85. The van der Waals surface area contributed by atoms with E-state index in [9.17, 15) is 9.59 Å². The van der Waals surface area contributed by atoms with Gasteiger partial charge in [0, 0.05) is 12.2 Å². The molecule has 1 aromatic carbocycles. The lowest BCUT2D eigenvalue weighted by atomic mass is 10.2. The third-order valence-electron chi connectivity index (χ3n) is 3.95. The van der Waals surface area contributed by atoms with Crippen LogP contribution in [-0.2, 0) is 9.59 Å². The molecule has 0 heterocycles. The van der Waals surface area contributed by atoms with Gasteiger partial charge in [-0.2, -0.15) is 0 Å². The van der Waals surface area contributed by atoms with Gasteiger partial charge in [-0.25, -0.2) is 0 Å². The van der Waals surface area contributed by atoms with E-state index in [0.717, 1.165) is 24.2 Å². The zero-order valence-corrected chi connectivity index (χ0v) is 13.6. The van der Waals surface area contributed by atoms with E-state index >= 15 is 0 Å². The average Bonchev–Trinajstić information content (AvgIpc) is 3.26. The standard InChI is InChI=1S/C17H25N3O2/c1-12-7-4-5-8-15(12)19-17(22)14-11-13(14)16(21)18-9-6-10-20(2)3/h4-5,7-8,13-14H,6,9-11H2,1-3H3,(H,18,21)(H,19,22). The Hall–Kier alpha value is -1.88. The number of anilines is 1. The summed E-state index contributed by atoms with van der Waals surface area (Å²) >= 11 is 0. The van der Waals surface area contributed by atoms with E-state index in [1.54, 1.807) is 0 Å². The molecule has 0 bridgehead atoms. The highest BCUT2D eigenvalue weighted by Crippen LogP contribution is 2.39. The maximum absolute atomic E-state index is 12.2. The van der Waals surface area contributed by atoms with Gasteiger partial charge >= 0.3 is 0 Å². The number of rotatable bonds is 7. The first-order chi connectivity index (χ1) is 10.5. The number of hydrogen-bond donors (Lipinski definition) is 2. The molecule has 1 aromatic rings. The van der Waals surface area contributed by atoms with E-state index in [-0.39, 0.29) is 23.7 Å². The second-order valence-electron chi connectivity index (χ2n) is 6.20. The van der Waals surface area contributed by atoms with Crippen molar-refractivity contribution in [3.63, 3.8) is 0 Å². The molecule has 1 fully saturated rings. The van der Waals surface area contributed by atoms with Crippen LogP contribution in [-0.4, -0.2) is 43.9 Å². The van der Waals surface area contributed by atoms with Crippen LogP contribution in [0.15, 0.2) is 24.3 Å². The molecule has 0 aromatic heterocycles. The predicted octanol–water partition coefficient (Wildman–Crippen LogP) is 1.64. The molecule has 1 aliphatic rings. The zero-order chi connectivity index (χ0) is 16.1. The predicted molar refractivity (Wildman–Crippen MR) is 87.6 cm³/mol. The lowest BCUT2D eigenvalue weighted by Crippen LogP contribution is -2.30. The molecular formula is C17H25N3O2. The minimum Gasteiger partial charge on any atom is -0.356 e. The van der Waals surface area contributed by atoms with Crippen LogP contribution in [0.1, 0.15) is 18.4 Å². The number of benzene rings is 1. The van der Waals surface area contributed by atoms with Crippen molar-refractivity contribution in [3.05, 3.63) is 29.8 Å². The van der Waals surface area contributed by atoms with E-state index in [0.29, 0.717) is 13.0 Å². The van der Waals surface area contributed by atoms with Gasteiger partial charge in [-0.3, -0.25) is 9.59 Å². The summed E-state index contributed by atoms with van der Waals surface area (Å²) in [4.78, 5) is 26.2. The monoisotopic (exact) mass is 303 g/mol. The maximum Gasteiger partial charge on any atom is 0.228 e. The minimum atomic E-state index is -0.187. The summed E-state index contributed by atoms with van der Waals surface area (Å²) in [6.07, 6.45) is 1.57. The van der Waals surface area contributed by atoms with Gasteiger partial charge in [0.25, 0.3) is 0 Å². The van der Waals surface area contributed by atoms with Crippen molar-refractivity contribution >= 4 is 17.5 Å². The Morgan fingerprint density at radius 2 is 1.86 bits per heavy atom. The van der Waals surface area contributed by atoms with Crippen LogP contribution in [0.3, 0.4) is 0 Å². The summed E-state index contributed by atoms with van der Waals surface area (Å²) in [7, 11) is 4.02. The van der Waals surface area contributed by atoms with Crippen LogP contribution in [0.5, 0.6) is 0 Å². The zero-order valence-electron chi connectivity index (χ0n) is 13.6. The average molecular weight is 303 g/mol. The van der Waals surface area contributed by atoms with Crippen molar-refractivity contribution in [2.45, 2.75) is 19.8 Å². The van der Waals surface area contributed by atoms with Crippen LogP contribution < -0.4 is 10.6 Å². The molecule has 2 atom stereocenters. The molecule has 0 saturated heterocycles. The summed E-state index contributed by atoms with van der Waals surface area (Å²) in [5.74, 6) is -0.400. The van der Waals surface area contributed by atoms with Gasteiger partial charge in [0.05, 0.1) is 11.8 Å². The number of aryl methyl sites for hydroxylation is 1. The first kappa shape index (κ1) is 16.5. The Labute approximate surface area is 132 Å². The third-order valence-corrected chi connectivity index (χ3v) is 3.95. The minimum absolute atomic E-state index is 0.00342. The summed E-state index contributed by atoms with van der Waals surface area (Å²) in [5, 5.41) is 5.83. The van der Waals surface area contributed by atoms with Crippen LogP contribution >= 0.6 is 0 Å². The highest BCUT2D eigenvalue weighted by Gasteiger charge is 2.47. The molecule has 5 heteroatoms. The molecule has 0 spiro atoms. The Kier molecular flexibility index (Phi) is 5.55. The molecule has 2 N–H and O–H groups in total. The lowest BCUT2D eigenvalue weighted by Gasteiger charge is -2.10. The summed E-state index contributed by atoms with van der Waals surface area (Å²) in [6, 6.07) is 7.67. The number of hydrogen-bond acceptors (Lipinski definition) is 3. The third kappa shape index (κ3) is 4.56. The van der Waals surface area contributed by atoms with E-state index < -0.39 is 0 Å². The van der Waals surface area contributed by atoms with Gasteiger partial charge in [-0.05, 0) is 52.0 Å². The molecule has 1 aliphatic carbocycles. The van der Waals surface area contributed by atoms with Gasteiger partial charge in [0.1, 0.15) is 0 Å². The number of nitrogens with one attached hydrogen (secondary N) is 2. The fourth-order valence-electron chi connectivity index (χ4n) is 2.45. The molecule has 0 aliphatic heterocycles. The molecule has 120 valence electrons. The second-order valence-corrected chi connectivity index (χ2v) is 6.20. The van der Waals surface area contributed by atoms with E-state index in [4.69, 9.17) is 0 Å². The van der Waals surface area contributed by atoms with Gasteiger partial charge in [-0.15, -0.1) is 0 Å². The first-order valence-corrected chi connectivity index (χ1v) is 7.78. The molecule has 0 radical (unpaired) electrons. The Bertz CT molecular complexity index is 542. The SMILES string of the molecule is Cc1ccccc1NC(=O)C1CC1C(=O)NCCCN(C)C. The topological polar surface area (TPSA) is 61.4 Å². The van der Waals surface area contributed by atoms with Crippen LogP contribution in [0.25, 0.3) is 0 Å². The van der Waals surface area contributed by atoms with Gasteiger partial charge in [0.2, 0.25) is 11.8 Å². The number of para-hydroxylation sites is 1.